The lowest BCUT2D eigenvalue weighted by Crippen LogP contribution is -2.63. The number of benzene rings is 1. The predicted molar refractivity (Wildman–Crippen MR) is 150 cm³/mol. The van der Waals surface area contributed by atoms with Crippen molar-refractivity contribution in [2.75, 3.05) is 32.1 Å². The number of aromatic hydroxyl groups is 1. The minimum absolute atomic E-state index is 0.118. The third-order valence-corrected chi connectivity index (χ3v) is 9.73. The Hall–Kier alpha value is -3.81. The van der Waals surface area contributed by atoms with Crippen molar-refractivity contribution in [3.63, 3.8) is 0 Å². The van der Waals surface area contributed by atoms with Gasteiger partial charge in [-0.3, -0.25) is 24.1 Å². The van der Waals surface area contributed by atoms with Crippen LogP contribution in [0.1, 0.15) is 48.0 Å². The van der Waals surface area contributed by atoms with Gasteiger partial charge in [-0.15, -0.1) is 0 Å². The Kier molecular flexibility index (Phi) is 6.90. The molecular formula is C30H35FN4O8. The molecule has 12 nitrogen and oxygen atoms in total. The number of hydrogen-bond acceptors (Lipinski definition) is 10. The van der Waals surface area contributed by atoms with Crippen molar-refractivity contribution < 1.29 is 44.0 Å². The van der Waals surface area contributed by atoms with Gasteiger partial charge in [0, 0.05) is 29.7 Å². The van der Waals surface area contributed by atoms with Crippen LogP contribution in [-0.4, -0.2) is 93.6 Å². The number of nitrogens with one attached hydrogen (secondary N) is 1. The van der Waals surface area contributed by atoms with Gasteiger partial charge in [-0.05, 0) is 71.0 Å². The van der Waals surface area contributed by atoms with Crippen LogP contribution in [0.15, 0.2) is 28.7 Å². The molecule has 2 amide bonds. The lowest BCUT2D eigenvalue weighted by atomic mass is 9.58. The van der Waals surface area contributed by atoms with Crippen molar-refractivity contribution in [1.29, 1.82) is 0 Å². The number of likely N-dealkylation sites (N-methyl/N-ethyl adjacent to an activating group) is 1. The van der Waals surface area contributed by atoms with Crippen LogP contribution in [0.4, 0.5) is 10.1 Å². The van der Waals surface area contributed by atoms with Gasteiger partial charge >= 0.3 is 0 Å². The van der Waals surface area contributed by atoms with E-state index in [9.17, 15) is 39.6 Å². The number of phenolic OH excluding ortho intramolecular Hbond substituents is 1. The average Bonchev–Trinajstić information content (AvgIpc) is 3.76. The number of nitrogens with zero attached hydrogens (tertiary/aromatic N) is 2. The van der Waals surface area contributed by atoms with Gasteiger partial charge in [-0.2, -0.15) is 0 Å². The Morgan fingerprint density at radius 1 is 1.19 bits per heavy atom. The number of nitrogens with two attached hydrogens (primary N) is 1. The second-order valence-electron chi connectivity index (χ2n) is 12.6. The van der Waals surface area contributed by atoms with Gasteiger partial charge in [0.05, 0.1) is 23.3 Å². The maximum absolute atomic E-state index is 15.8. The second kappa shape index (κ2) is 10.1. The molecule has 13 heteroatoms. The van der Waals surface area contributed by atoms with Crippen LogP contribution in [0, 0.1) is 23.6 Å². The predicted octanol–water partition coefficient (Wildman–Crippen LogP) is 0.755. The van der Waals surface area contributed by atoms with E-state index in [2.05, 4.69) is 5.32 Å². The number of primary amides is 1. The fourth-order valence-electron chi connectivity index (χ4n) is 7.40. The first-order chi connectivity index (χ1) is 20.3. The summed E-state index contributed by atoms with van der Waals surface area (Å²) in [6.45, 7) is 0.883. The average molecular weight is 599 g/mol. The number of fused-ring (bicyclic) bond motifs is 3. The summed E-state index contributed by atoms with van der Waals surface area (Å²) in [6.07, 6.45) is 3.04. The zero-order valence-electron chi connectivity index (χ0n) is 23.9. The molecule has 0 radical (unpaired) electrons. The monoisotopic (exact) mass is 598 g/mol. The second-order valence-corrected chi connectivity index (χ2v) is 12.6. The topological polar surface area (TPSA) is 194 Å². The Balaban J connectivity index is 1.43. The van der Waals surface area contributed by atoms with Crippen molar-refractivity contribution in [2.24, 2.45) is 23.5 Å². The van der Waals surface area contributed by atoms with E-state index in [1.165, 1.54) is 23.9 Å². The number of halogens is 1. The first-order valence-electron chi connectivity index (χ1n) is 14.5. The summed E-state index contributed by atoms with van der Waals surface area (Å²) < 4.78 is 15.8. The largest absolute Gasteiger partial charge is 0.510 e. The van der Waals surface area contributed by atoms with Gasteiger partial charge in [0.25, 0.3) is 5.91 Å². The van der Waals surface area contributed by atoms with Crippen molar-refractivity contribution >= 4 is 29.1 Å². The molecule has 0 bridgehead atoms. The van der Waals surface area contributed by atoms with E-state index in [1.807, 2.05) is 0 Å². The summed E-state index contributed by atoms with van der Waals surface area (Å²) in [4.78, 5) is 55.6. The standard InChI is InChI=1S/C30H35FN4O8/c1-34(2)22-15-9-13-8-14-16(31)10-18(35-7-3-4-17(29(35)42)33-11-12-5-6-12)23(36)20(14)24(37)19(13)26(39)30(15,43)27(40)21(25(22)38)28(32)41/h10,12-13,15,17,22,33,36,38-39,43H,3-9,11H2,1-2H3,(H2,32,41)/t13-,15-,17-,22-,30-/m0/s1. The van der Waals surface area contributed by atoms with Crippen molar-refractivity contribution in [1.82, 2.24) is 10.2 Å². The van der Waals surface area contributed by atoms with Crippen molar-refractivity contribution in [3.8, 4) is 5.75 Å². The zero-order chi connectivity index (χ0) is 31.1. The van der Waals surface area contributed by atoms with Crippen molar-refractivity contribution in [3.05, 3.63) is 45.7 Å². The SMILES string of the molecule is CN(C)[C@@H]1C(O)=C(C(N)=O)C(=O)[C@@]2(O)C(O)=C3C(=O)c4c(O)c(N5CCC[C@H](NCC6CC6)C5=O)cc(F)c4C[C@H]3C[C@@H]12. The molecule has 230 valence electrons. The van der Waals surface area contributed by atoms with Crippen LogP contribution >= 0.6 is 0 Å². The number of allylic oxidation sites excluding steroid dienone is 1. The van der Waals surface area contributed by atoms with Crippen LogP contribution in [0.2, 0.25) is 0 Å². The molecular weight excluding hydrogens is 563 g/mol. The number of anilines is 1. The van der Waals surface area contributed by atoms with E-state index in [1.54, 1.807) is 0 Å². The first kappa shape index (κ1) is 29.3. The number of phenols is 1. The highest BCUT2D eigenvalue weighted by atomic mass is 19.1. The van der Waals surface area contributed by atoms with Crippen LogP contribution in [-0.2, 0) is 20.8 Å². The van der Waals surface area contributed by atoms with Crippen LogP contribution in [0.3, 0.4) is 0 Å². The Morgan fingerprint density at radius 2 is 1.88 bits per heavy atom. The minimum atomic E-state index is -2.79. The Labute approximate surface area is 246 Å². The minimum Gasteiger partial charge on any atom is -0.510 e. The number of amides is 2. The maximum atomic E-state index is 15.8. The number of piperidine rings is 1. The molecule has 6 rings (SSSR count). The van der Waals surface area contributed by atoms with E-state index in [-0.39, 0.29) is 36.5 Å². The maximum Gasteiger partial charge on any atom is 0.255 e. The normalized spacial score (nSPS) is 30.9. The quantitative estimate of drug-likeness (QED) is 0.255. The van der Waals surface area contributed by atoms with Crippen LogP contribution in [0.5, 0.6) is 5.75 Å². The number of hydrogen-bond donors (Lipinski definition) is 6. The van der Waals surface area contributed by atoms with Gasteiger partial charge in [0.1, 0.15) is 22.9 Å². The summed E-state index contributed by atoms with van der Waals surface area (Å²) in [6, 6.07) is -0.621. The Morgan fingerprint density at radius 3 is 2.51 bits per heavy atom. The number of aliphatic hydroxyl groups is 3. The lowest BCUT2D eigenvalue weighted by molar-refractivity contribution is -0.148. The summed E-state index contributed by atoms with van der Waals surface area (Å²) in [5, 5.41) is 48.6. The summed E-state index contributed by atoms with van der Waals surface area (Å²) in [5.74, 6) is -8.77. The van der Waals surface area contributed by atoms with E-state index >= 15 is 4.39 Å². The van der Waals surface area contributed by atoms with Gasteiger partial charge < -0.3 is 36.4 Å². The molecule has 1 saturated carbocycles. The third kappa shape index (κ3) is 4.27. The number of carbonyl (C=O) groups excluding carboxylic acids is 4. The van der Waals surface area contributed by atoms with Gasteiger partial charge in [-0.1, -0.05) is 0 Å². The molecule has 1 saturated heterocycles. The highest BCUT2D eigenvalue weighted by molar-refractivity contribution is 6.25. The molecule has 1 aromatic rings. The Bertz CT molecular complexity index is 1530. The molecule has 2 fully saturated rings. The number of rotatable bonds is 6. The van der Waals surface area contributed by atoms with Crippen LogP contribution < -0.4 is 16.0 Å². The van der Waals surface area contributed by atoms with E-state index in [0.717, 1.165) is 18.9 Å². The molecule has 1 aromatic carbocycles. The fourth-order valence-corrected chi connectivity index (χ4v) is 7.40. The van der Waals surface area contributed by atoms with E-state index < -0.39 is 86.8 Å². The van der Waals surface area contributed by atoms with Crippen LogP contribution in [0.25, 0.3) is 0 Å². The number of aliphatic hydroxyl groups excluding tert-OH is 2. The number of ketones is 2. The molecule has 1 heterocycles. The lowest BCUT2D eigenvalue weighted by Gasteiger charge is -2.50. The van der Waals surface area contributed by atoms with E-state index in [0.29, 0.717) is 25.3 Å². The van der Waals surface area contributed by atoms with Gasteiger partial charge in [0.15, 0.2) is 17.1 Å². The highest BCUT2D eigenvalue weighted by Gasteiger charge is 2.63. The molecule has 4 aliphatic carbocycles. The molecule has 0 unspecified atom stereocenters. The van der Waals surface area contributed by atoms with Gasteiger partial charge in [0.2, 0.25) is 11.7 Å². The number of carbonyl (C=O) groups is 4. The fraction of sp³-hybridized carbons (Fsp3) is 0.533. The van der Waals surface area contributed by atoms with Gasteiger partial charge in [-0.25, -0.2) is 4.39 Å². The summed E-state index contributed by atoms with van der Waals surface area (Å²) in [7, 11) is 3.06. The number of Topliss-reactive ketones (excluding diaryl/α,β-unsaturated/α-hetero) is 2. The summed E-state index contributed by atoms with van der Waals surface area (Å²) in [5.41, 5.74) is 0.516. The molecule has 5 atom stereocenters. The summed E-state index contributed by atoms with van der Waals surface area (Å²) >= 11 is 0. The zero-order valence-corrected chi connectivity index (χ0v) is 23.9. The molecule has 7 N–H and O–H groups in total. The molecule has 0 aromatic heterocycles. The molecule has 1 aliphatic heterocycles. The first-order valence-corrected chi connectivity index (χ1v) is 14.5. The van der Waals surface area contributed by atoms with E-state index in [4.69, 9.17) is 5.73 Å². The molecule has 0 spiro atoms. The highest BCUT2D eigenvalue weighted by Crippen LogP contribution is 2.53. The third-order valence-electron chi connectivity index (χ3n) is 9.73. The molecule has 5 aliphatic rings. The van der Waals surface area contributed by atoms with Crippen molar-refractivity contribution in [2.45, 2.75) is 56.2 Å². The smallest absolute Gasteiger partial charge is 0.255 e. The molecule has 43 heavy (non-hydrogen) atoms.